The molecule has 0 bridgehead atoms. The van der Waals surface area contributed by atoms with E-state index in [0.717, 1.165) is 29.8 Å². The first-order valence-electron chi connectivity index (χ1n) is 7.10. The largest absolute Gasteiger partial charge is 0.351 e. The monoisotopic (exact) mass is 281 g/mol. The maximum atomic E-state index is 9.51. The minimum absolute atomic E-state index is 0.596. The van der Waals surface area contributed by atoms with Gasteiger partial charge in [0.15, 0.2) is 5.82 Å². The lowest BCUT2D eigenvalue weighted by atomic mass is 10.0. The highest BCUT2D eigenvalue weighted by molar-refractivity contribution is 5.57. The zero-order valence-electron chi connectivity index (χ0n) is 12.7. The number of pyridine rings is 1. The molecule has 5 heteroatoms. The third-order valence-corrected chi connectivity index (χ3v) is 3.43. The number of hydrogen-bond acceptors (Lipinski definition) is 5. The summed E-state index contributed by atoms with van der Waals surface area (Å²) in [5.74, 6) is 0.622. The quantitative estimate of drug-likeness (QED) is 0.842. The molecule has 2 rings (SSSR count). The second-order valence-corrected chi connectivity index (χ2v) is 4.82. The first-order chi connectivity index (χ1) is 10.2. The van der Waals surface area contributed by atoms with E-state index in [-0.39, 0.29) is 0 Å². The molecule has 2 heterocycles. The number of nitriles is 1. The molecule has 0 amide bonds. The predicted molar refractivity (Wildman–Crippen MR) is 81.8 cm³/mol. The molecule has 108 valence electrons. The van der Waals surface area contributed by atoms with Crippen LogP contribution in [-0.2, 0) is 19.4 Å². The van der Waals surface area contributed by atoms with E-state index in [0.29, 0.717) is 17.9 Å². The first-order valence-corrected chi connectivity index (χ1v) is 7.10. The van der Waals surface area contributed by atoms with Crippen LogP contribution in [0.25, 0.3) is 0 Å². The van der Waals surface area contributed by atoms with Gasteiger partial charge in [0.25, 0.3) is 0 Å². The van der Waals surface area contributed by atoms with E-state index in [1.54, 1.807) is 6.20 Å². The summed E-state index contributed by atoms with van der Waals surface area (Å²) < 4.78 is 0. The average Bonchev–Trinajstić information content (AvgIpc) is 2.53. The van der Waals surface area contributed by atoms with Crippen molar-refractivity contribution in [2.45, 2.75) is 33.2 Å². The number of aryl methyl sites for hydroxylation is 1. The Bertz CT molecular complexity index is 646. The summed E-state index contributed by atoms with van der Waals surface area (Å²) in [7, 11) is 1.91. The van der Waals surface area contributed by atoms with Gasteiger partial charge in [-0.2, -0.15) is 10.4 Å². The summed E-state index contributed by atoms with van der Waals surface area (Å²) in [6, 6.07) is 8.08. The van der Waals surface area contributed by atoms with Crippen LogP contribution < -0.4 is 4.90 Å². The number of rotatable bonds is 5. The smallest absolute Gasteiger partial charge is 0.169 e. The Morgan fingerprint density at radius 2 is 2.00 bits per heavy atom. The van der Waals surface area contributed by atoms with Crippen LogP contribution in [0.2, 0.25) is 0 Å². The molecular weight excluding hydrogens is 262 g/mol. The molecule has 0 atom stereocenters. The van der Waals surface area contributed by atoms with Crippen LogP contribution in [0.3, 0.4) is 0 Å². The van der Waals surface area contributed by atoms with Crippen molar-refractivity contribution in [1.29, 1.82) is 5.26 Å². The molecular formula is C16H19N5. The van der Waals surface area contributed by atoms with Crippen LogP contribution in [0.5, 0.6) is 0 Å². The number of hydrogen-bond donors (Lipinski definition) is 0. The van der Waals surface area contributed by atoms with Gasteiger partial charge in [0.1, 0.15) is 11.6 Å². The number of anilines is 1. The lowest BCUT2D eigenvalue weighted by Gasteiger charge is -2.20. The van der Waals surface area contributed by atoms with Gasteiger partial charge < -0.3 is 4.90 Å². The summed E-state index contributed by atoms with van der Waals surface area (Å²) >= 11 is 0. The Labute approximate surface area is 125 Å². The van der Waals surface area contributed by atoms with Crippen LogP contribution in [-0.4, -0.2) is 22.2 Å². The highest BCUT2D eigenvalue weighted by atomic mass is 15.3. The molecule has 5 nitrogen and oxygen atoms in total. The van der Waals surface area contributed by atoms with Crippen molar-refractivity contribution in [3.8, 4) is 6.07 Å². The standard InChI is InChI=1S/C16H19N5/c1-4-13-14(10-17)16(20-19-15(13)5-2)21(3)11-12-8-6-7-9-18-12/h6-9H,4-5,11H2,1-3H3. The molecule has 21 heavy (non-hydrogen) atoms. The van der Waals surface area contributed by atoms with Gasteiger partial charge in [-0.1, -0.05) is 19.9 Å². The second kappa shape index (κ2) is 6.80. The summed E-state index contributed by atoms with van der Waals surface area (Å²) in [6.07, 6.45) is 3.33. The Morgan fingerprint density at radius 1 is 1.19 bits per heavy atom. The summed E-state index contributed by atoms with van der Waals surface area (Å²) in [6.45, 7) is 4.67. The van der Waals surface area contributed by atoms with Crippen molar-refractivity contribution in [3.63, 3.8) is 0 Å². The van der Waals surface area contributed by atoms with Crippen molar-refractivity contribution >= 4 is 5.82 Å². The van der Waals surface area contributed by atoms with E-state index in [4.69, 9.17) is 0 Å². The summed E-state index contributed by atoms with van der Waals surface area (Å²) in [5.41, 5.74) is 3.47. The van der Waals surface area contributed by atoms with Crippen molar-refractivity contribution in [1.82, 2.24) is 15.2 Å². The van der Waals surface area contributed by atoms with Gasteiger partial charge in [-0.3, -0.25) is 4.98 Å². The zero-order chi connectivity index (χ0) is 15.2. The molecule has 0 radical (unpaired) electrons. The lowest BCUT2D eigenvalue weighted by Crippen LogP contribution is -2.21. The molecule has 0 saturated heterocycles. The first kappa shape index (κ1) is 14.9. The number of nitrogens with zero attached hydrogens (tertiary/aromatic N) is 5. The Hall–Kier alpha value is -2.48. The van der Waals surface area contributed by atoms with Gasteiger partial charge in [0, 0.05) is 13.2 Å². The Morgan fingerprint density at radius 3 is 2.57 bits per heavy atom. The van der Waals surface area contributed by atoms with Gasteiger partial charge in [-0.15, -0.1) is 5.10 Å². The molecule has 0 aromatic carbocycles. The molecule has 2 aromatic rings. The average molecular weight is 281 g/mol. The van der Waals surface area contributed by atoms with E-state index in [1.807, 2.05) is 44.0 Å². The molecule has 0 N–H and O–H groups in total. The van der Waals surface area contributed by atoms with Crippen molar-refractivity contribution < 1.29 is 0 Å². The molecule has 0 aliphatic rings. The Kier molecular flexibility index (Phi) is 4.83. The minimum atomic E-state index is 0.596. The van der Waals surface area contributed by atoms with Crippen LogP contribution >= 0.6 is 0 Å². The molecule has 0 aliphatic carbocycles. The van der Waals surface area contributed by atoms with Crippen molar-refractivity contribution in [2.24, 2.45) is 0 Å². The Balaban J connectivity index is 2.37. The van der Waals surface area contributed by atoms with Crippen LogP contribution in [0, 0.1) is 11.3 Å². The maximum Gasteiger partial charge on any atom is 0.169 e. The third kappa shape index (κ3) is 3.16. The lowest BCUT2D eigenvalue weighted by molar-refractivity contribution is 0.807. The van der Waals surface area contributed by atoms with Crippen molar-refractivity contribution in [2.75, 3.05) is 11.9 Å². The van der Waals surface area contributed by atoms with Gasteiger partial charge >= 0.3 is 0 Å². The van der Waals surface area contributed by atoms with E-state index in [9.17, 15) is 5.26 Å². The fourth-order valence-electron chi connectivity index (χ4n) is 2.36. The van der Waals surface area contributed by atoms with E-state index < -0.39 is 0 Å². The molecule has 0 unspecified atom stereocenters. The van der Waals surface area contributed by atoms with Gasteiger partial charge in [0.05, 0.1) is 17.9 Å². The van der Waals surface area contributed by atoms with Crippen LogP contribution in [0.15, 0.2) is 24.4 Å². The molecule has 0 saturated carbocycles. The fraction of sp³-hybridized carbons (Fsp3) is 0.375. The normalized spacial score (nSPS) is 10.2. The molecule has 0 fully saturated rings. The molecule has 0 aliphatic heterocycles. The van der Waals surface area contributed by atoms with Crippen LogP contribution in [0.1, 0.15) is 36.4 Å². The number of aromatic nitrogens is 3. The fourth-order valence-corrected chi connectivity index (χ4v) is 2.36. The summed E-state index contributed by atoms with van der Waals surface area (Å²) in [4.78, 5) is 6.23. The molecule has 2 aromatic heterocycles. The van der Waals surface area contributed by atoms with E-state index >= 15 is 0 Å². The minimum Gasteiger partial charge on any atom is -0.351 e. The topological polar surface area (TPSA) is 65.7 Å². The van der Waals surface area contributed by atoms with Gasteiger partial charge in [0.2, 0.25) is 0 Å². The third-order valence-electron chi connectivity index (χ3n) is 3.43. The SMILES string of the molecule is CCc1nnc(N(C)Cc2ccccn2)c(C#N)c1CC. The summed E-state index contributed by atoms with van der Waals surface area (Å²) in [5, 5.41) is 18.0. The van der Waals surface area contributed by atoms with E-state index in [2.05, 4.69) is 21.3 Å². The van der Waals surface area contributed by atoms with E-state index in [1.165, 1.54) is 0 Å². The maximum absolute atomic E-state index is 9.51. The highest BCUT2D eigenvalue weighted by Gasteiger charge is 2.17. The van der Waals surface area contributed by atoms with Gasteiger partial charge in [-0.05, 0) is 30.5 Å². The van der Waals surface area contributed by atoms with Gasteiger partial charge in [-0.25, -0.2) is 0 Å². The van der Waals surface area contributed by atoms with Crippen LogP contribution in [0.4, 0.5) is 5.82 Å². The van der Waals surface area contributed by atoms with Crippen molar-refractivity contribution in [3.05, 3.63) is 46.9 Å². The zero-order valence-corrected chi connectivity index (χ0v) is 12.7. The molecule has 0 spiro atoms. The second-order valence-electron chi connectivity index (χ2n) is 4.82. The predicted octanol–water partition coefficient (Wildman–Crippen LogP) is 2.50. The highest BCUT2D eigenvalue weighted by Crippen LogP contribution is 2.23.